The van der Waals surface area contributed by atoms with Crippen LogP contribution in [0.2, 0.25) is 0 Å². The highest BCUT2D eigenvalue weighted by atomic mass is 16.7. The zero-order valence-electron chi connectivity index (χ0n) is 15.1. The molecule has 0 unspecified atom stereocenters. The SMILES string of the molecule is COc1cc(C=C[N+](=O)[O-])ccc1O[C@@H]1O[C@H](COC(C)=O)[C@@H](O)[C@H](O)[C@H]1O. The lowest BCUT2D eigenvalue weighted by Crippen LogP contribution is -2.60. The molecule has 0 spiro atoms. The molecule has 5 atom stereocenters. The molecule has 11 heteroatoms. The number of hydrogen-bond donors (Lipinski definition) is 3. The lowest BCUT2D eigenvalue weighted by molar-refractivity contribution is -0.400. The standard InChI is InChI=1S/C17H21NO10/c1-9(19)26-8-13-14(20)15(21)16(22)17(28-13)27-11-4-3-10(5-6-18(23)24)7-12(11)25-2/h3-7,13-17,20-22H,8H2,1-2H3/t13-,14-,15+,16-,17-/m1/s1. The fourth-order valence-electron chi connectivity index (χ4n) is 2.51. The smallest absolute Gasteiger partial charge is 0.302 e. The van der Waals surface area contributed by atoms with Crippen molar-refractivity contribution in [3.8, 4) is 11.5 Å². The van der Waals surface area contributed by atoms with Gasteiger partial charge in [-0.15, -0.1) is 0 Å². The van der Waals surface area contributed by atoms with Gasteiger partial charge in [0, 0.05) is 13.0 Å². The van der Waals surface area contributed by atoms with Gasteiger partial charge in [-0.2, -0.15) is 0 Å². The lowest BCUT2D eigenvalue weighted by Gasteiger charge is -2.40. The Kier molecular flexibility index (Phi) is 7.29. The molecule has 1 aromatic carbocycles. The summed E-state index contributed by atoms with van der Waals surface area (Å²) in [5.41, 5.74) is 0.467. The number of esters is 1. The number of aliphatic hydroxyl groups excluding tert-OH is 3. The minimum absolute atomic E-state index is 0.125. The van der Waals surface area contributed by atoms with Crippen molar-refractivity contribution in [1.82, 2.24) is 0 Å². The maximum absolute atomic E-state index is 11.0. The average Bonchev–Trinajstić information content (AvgIpc) is 2.66. The van der Waals surface area contributed by atoms with E-state index >= 15 is 0 Å². The van der Waals surface area contributed by atoms with Crippen molar-refractivity contribution in [3.63, 3.8) is 0 Å². The predicted octanol–water partition coefficient (Wildman–Crippen LogP) is -0.308. The van der Waals surface area contributed by atoms with Gasteiger partial charge in [0.05, 0.1) is 12.0 Å². The van der Waals surface area contributed by atoms with Crippen LogP contribution in [0.25, 0.3) is 6.08 Å². The molecule has 1 aromatic rings. The first-order valence-electron chi connectivity index (χ1n) is 8.22. The van der Waals surface area contributed by atoms with E-state index in [2.05, 4.69) is 0 Å². The Balaban J connectivity index is 2.17. The van der Waals surface area contributed by atoms with Gasteiger partial charge in [-0.3, -0.25) is 14.9 Å². The number of aliphatic hydroxyl groups is 3. The summed E-state index contributed by atoms with van der Waals surface area (Å²) in [7, 11) is 1.35. The summed E-state index contributed by atoms with van der Waals surface area (Å²) in [6.07, 6.45) is -5.19. The molecule has 1 heterocycles. The molecule has 0 saturated carbocycles. The molecule has 11 nitrogen and oxygen atoms in total. The molecule has 0 radical (unpaired) electrons. The van der Waals surface area contributed by atoms with E-state index < -0.39 is 41.6 Å². The molecule has 1 fully saturated rings. The van der Waals surface area contributed by atoms with Gasteiger partial charge in [-0.1, -0.05) is 6.07 Å². The quantitative estimate of drug-likeness (QED) is 0.315. The van der Waals surface area contributed by atoms with Gasteiger partial charge in [-0.25, -0.2) is 0 Å². The highest BCUT2D eigenvalue weighted by Gasteiger charge is 2.45. The molecule has 3 N–H and O–H groups in total. The van der Waals surface area contributed by atoms with E-state index in [9.17, 15) is 30.2 Å². The molecule has 28 heavy (non-hydrogen) atoms. The minimum atomic E-state index is -1.60. The van der Waals surface area contributed by atoms with Gasteiger partial charge in [0.1, 0.15) is 31.0 Å². The molecule has 1 aliphatic rings. The summed E-state index contributed by atoms with van der Waals surface area (Å²) in [6, 6.07) is 4.41. The predicted molar refractivity (Wildman–Crippen MR) is 93.0 cm³/mol. The van der Waals surface area contributed by atoms with Crippen molar-refractivity contribution in [2.45, 2.75) is 37.6 Å². The van der Waals surface area contributed by atoms with Crippen LogP contribution in [-0.4, -0.2) is 70.6 Å². The fourth-order valence-corrected chi connectivity index (χ4v) is 2.51. The summed E-state index contributed by atoms with van der Waals surface area (Å²) in [6.45, 7) is 0.830. The third-order valence-corrected chi connectivity index (χ3v) is 3.94. The Hall–Kier alpha value is -2.73. The Bertz CT molecular complexity index is 737. The topological polar surface area (TPSA) is 158 Å². The zero-order valence-corrected chi connectivity index (χ0v) is 15.1. The van der Waals surface area contributed by atoms with Gasteiger partial charge < -0.3 is 34.3 Å². The summed E-state index contributed by atoms with van der Waals surface area (Å²) >= 11 is 0. The van der Waals surface area contributed by atoms with Crippen molar-refractivity contribution < 1.29 is 44.0 Å². The van der Waals surface area contributed by atoms with E-state index in [1.165, 1.54) is 38.3 Å². The first kappa shape index (κ1) is 21.6. The molecule has 0 aliphatic carbocycles. The minimum Gasteiger partial charge on any atom is -0.493 e. The second kappa shape index (κ2) is 9.46. The van der Waals surface area contributed by atoms with E-state index in [1.54, 1.807) is 0 Å². The molecule has 1 saturated heterocycles. The molecule has 1 aliphatic heterocycles. The van der Waals surface area contributed by atoms with Gasteiger partial charge >= 0.3 is 5.97 Å². The Labute approximate surface area is 159 Å². The van der Waals surface area contributed by atoms with Crippen LogP contribution in [0, 0.1) is 10.1 Å². The van der Waals surface area contributed by atoms with Crippen LogP contribution in [0.1, 0.15) is 12.5 Å². The lowest BCUT2D eigenvalue weighted by atomic mass is 9.99. The van der Waals surface area contributed by atoms with Crippen LogP contribution in [0.5, 0.6) is 11.5 Å². The molecule has 0 aromatic heterocycles. The number of ether oxygens (including phenoxy) is 4. The number of nitrogens with zero attached hydrogens (tertiary/aromatic N) is 1. The van der Waals surface area contributed by atoms with E-state index in [-0.39, 0.29) is 18.1 Å². The zero-order chi connectivity index (χ0) is 20.8. The Morgan fingerprint density at radius 1 is 1.25 bits per heavy atom. The first-order valence-corrected chi connectivity index (χ1v) is 8.22. The molecule has 0 amide bonds. The number of rotatable bonds is 7. The van der Waals surface area contributed by atoms with E-state index in [0.717, 1.165) is 6.20 Å². The highest BCUT2D eigenvalue weighted by Crippen LogP contribution is 2.32. The average molecular weight is 399 g/mol. The molecular formula is C17H21NO10. The summed E-state index contributed by atoms with van der Waals surface area (Å²) in [5, 5.41) is 40.5. The molecule has 154 valence electrons. The van der Waals surface area contributed by atoms with Crippen molar-refractivity contribution >= 4 is 12.0 Å². The second-order valence-corrected chi connectivity index (χ2v) is 5.95. The Morgan fingerprint density at radius 3 is 2.57 bits per heavy atom. The number of nitro groups is 1. The number of carbonyl (C=O) groups excluding carboxylic acids is 1. The van der Waals surface area contributed by atoms with Gasteiger partial charge in [0.15, 0.2) is 11.5 Å². The van der Waals surface area contributed by atoms with Crippen LogP contribution < -0.4 is 9.47 Å². The third kappa shape index (κ3) is 5.39. The van der Waals surface area contributed by atoms with Gasteiger partial charge in [0.25, 0.3) is 0 Å². The van der Waals surface area contributed by atoms with Gasteiger partial charge in [-0.05, 0) is 17.7 Å². The maximum atomic E-state index is 11.0. The highest BCUT2D eigenvalue weighted by molar-refractivity contribution is 5.65. The van der Waals surface area contributed by atoms with Gasteiger partial charge in [0.2, 0.25) is 12.5 Å². The van der Waals surface area contributed by atoms with E-state index in [4.69, 9.17) is 18.9 Å². The molecular weight excluding hydrogens is 378 g/mol. The number of hydrogen-bond acceptors (Lipinski definition) is 10. The van der Waals surface area contributed by atoms with Crippen LogP contribution in [-0.2, 0) is 14.3 Å². The van der Waals surface area contributed by atoms with Crippen LogP contribution in [0.3, 0.4) is 0 Å². The largest absolute Gasteiger partial charge is 0.493 e. The Morgan fingerprint density at radius 2 is 1.96 bits per heavy atom. The number of carbonyl (C=O) groups is 1. The monoisotopic (exact) mass is 399 g/mol. The van der Waals surface area contributed by atoms with Crippen LogP contribution in [0.4, 0.5) is 0 Å². The first-order chi connectivity index (χ1) is 13.2. The van der Waals surface area contributed by atoms with Crippen molar-refractivity contribution in [1.29, 1.82) is 0 Å². The third-order valence-electron chi connectivity index (χ3n) is 3.94. The fraction of sp³-hybridized carbons (Fsp3) is 0.471. The summed E-state index contributed by atoms with van der Waals surface area (Å²) in [5.74, 6) is -0.285. The molecule has 2 rings (SSSR count). The summed E-state index contributed by atoms with van der Waals surface area (Å²) < 4.78 is 20.9. The molecule has 0 bridgehead atoms. The number of methoxy groups -OCH3 is 1. The number of benzene rings is 1. The van der Waals surface area contributed by atoms with Crippen LogP contribution >= 0.6 is 0 Å². The van der Waals surface area contributed by atoms with Crippen molar-refractivity contribution in [2.24, 2.45) is 0 Å². The van der Waals surface area contributed by atoms with Crippen molar-refractivity contribution in [3.05, 3.63) is 40.1 Å². The maximum Gasteiger partial charge on any atom is 0.302 e. The normalized spacial score (nSPS) is 27.4. The van der Waals surface area contributed by atoms with Crippen molar-refractivity contribution in [2.75, 3.05) is 13.7 Å². The van der Waals surface area contributed by atoms with Crippen LogP contribution in [0.15, 0.2) is 24.4 Å². The second-order valence-electron chi connectivity index (χ2n) is 5.95. The summed E-state index contributed by atoms with van der Waals surface area (Å²) in [4.78, 5) is 20.8. The van der Waals surface area contributed by atoms with E-state index in [1.807, 2.05) is 0 Å². The van der Waals surface area contributed by atoms with E-state index in [0.29, 0.717) is 5.56 Å².